The van der Waals surface area contributed by atoms with Crippen LogP contribution in [0.2, 0.25) is 0 Å². The minimum atomic E-state index is 0.392. The van der Waals surface area contributed by atoms with Crippen LogP contribution in [0.5, 0.6) is 5.75 Å². The van der Waals surface area contributed by atoms with E-state index < -0.39 is 0 Å². The number of hydrogen-bond acceptors (Lipinski definition) is 3. The molecule has 0 radical (unpaired) electrons. The van der Waals surface area contributed by atoms with E-state index in [1.165, 1.54) is 37.7 Å². The van der Waals surface area contributed by atoms with Gasteiger partial charge in [0, 0.05) is 19.1 Å². The van der Waals surface area contributed by atoms with Gasteiger partial charge in [-0.1, -0.05) is 51.0 Å². The van der Waals surface area contributed by atoms with Gasteiger partial charge in [-0.2, -0.15) is 0 Å². The molecular formula is C26H44N2O. The van der Waals surface area contributed by atoms with Crippen molar-refractivity contribution < 1.29 is 4.74 Å². The number of rotatable bonds is 12. The van der Waals surface area contributed by atoms with Crippen LogP contribution in [-0.2, 0) is 6.54 Å². The molecule has 164 valence electrons. The molecule has 0 amide bonds. The molecule has 0 heterocycles. The van der Waals surface area contributed by atoms with Gasteiger partial charge in [0.25, 0.3) is 0 Å². The molecule has 1 aromatic carbocycles. The zero-order valence-corrected chi connectivity index (χ0v) is 19.8. The third kappa shape index (κ3) is 7.79. The Morgan fingerprint density at radius 2 is 1.83 bits per heavy atom. The molecule has 29 heavy (non-hydrogen) atoms. The third-order valence-corrected chi connectivity index (χ3v) is 6.66. The molecule has 1 aliphatic rings. The van der Waals surface area contributed by atoms with Crippen LogP contribution in [0.15, 0.2) is 35.4 Å². The number of hydrogen-bond donors (Lipinski definition) is 1. The maximum absolute atomic E-state index is 5.89. The second-order valence-electron chi connectivity index (χ2n) is 9.34. The molecule has 1 N–H and O–H groups in total. The highest BCUT2D eigenvalue weighted by molar-refractivity contribution is 5.27. The van der Waals surface area contributed by atoms with Gasteiger partial charge in [-0.05, 0) is 82.2 Å². The molecule has 0 saturated heterocycles. The number of benzene rings is 1. The van der Waals surface area contributed by atoms with Crippen LogP contribution in [0, 0.1) is 5.41 Å². The molecule has 2 rings (SSSR count). The highest BCUT2D eigenvalue weighted by Gasteiger charge is 2.28. The van der Waals surface area contributed by atoms with Crippen LogP contribution in [0.3, 0.4) is 0 Å². The number of ether oxygens (including phenoxy) is 1. The molecule has 0 saturated carbocycles. The molecule has 3 nitrogen and oxygen atoms in total. The van der Waals surface area contributed by atoms with Crippen molar-refractivity contribution in [2.75, 3.05) is 26.2 Å². The Kier molecular flexibility index (Phi) is 9.71. The molecule has 0 unspecified atom stereocenters. The summed E-state index contributed by atoms with van der Waals surface area (Å²) in [6.07, 6.45) is 6.43. The van der Waals surface area contributed by atoms with Crippen molar-refractivity contribution in [2.24, 2.45) is 5.41 Å². The third-order valence-electron chi connectivity index (χ3n) is 6.66. The lowest BCUT2D eigenvalue weighted by Gasteiger charge is -2.35. The Hall–Kier alpha value is -1.32. The zero-order chi connectivity index (χ0) is 21.3. The smallest absolute Gasteiger partial charge is 0.119 e. The maximum atomic E-state index is 5.89. The van der Waals surface area contributed by atoms with Crippen molar-refractivity contribution in [2.45, 2.75) is 86.2 Å². The normalized spacial score (nSPS) is 17.6. The van der Waals surface area contributed by atoms with E-state index in [-0.39, 0.29) is 0 Å². The van der Waals surface area contributed by atoms with Crippen molar-refractivity contribution in [3.8, 4) is 5.75 Å². The van der Waals surface area contributed by atoms with E-state index in [2.05, 4.69) is 76.0 Å². The summed E-state index contributed by atoms with van der Waals surface area (Å²) in [7, 11) is 0. The molecule has 0 aromatic heterocycles. The van der Waals surface area contributed by atoms with E-state index in [9.17, 15) is 0 Å². The van der Waals surface area contributed by atoms with Gasteiger partial charge in [0.1, 0.15) is 12.4 Å². The summed E-state index contributed by atoms with van der Waals surface area (Å²) in [5, 5.41) is 3.70. The Morgan fingerprint density at radius 3 is 2.45 bits per heavy atom. The second kappa shape index (κ2) is 11.8. The average molecular weight is 401 g/mol. The molecule has 3 heteroatoms. The number of likely N-dealkylation sites (N-methyl/N-ethyl adjacent to an activating group) is 1. The summed E-state index contributed by atoms with van der Waals surface area (Å²) in [5.74, 6) is 0.968. The van der Waals surface area contributed by atoms with Gasteiger partial charge in [-0.25, -0.2) is 0 Å². The average Bonchev–Trinajstić information content (AvgIpc) is 2.69. The first kappa shape index (κ1) is 24.0. The quantitative estimate of drug-likeness (QED) is 0.423. The van der Waals surface area contributed by atoms with Gasteiger partial charge in [0.15, 0.2) is 0 Å². The topological polar surface area (TPSA) is 24.5 Å². The summed E-state index contributed by atoms with van der Waals surface area (Å²) in [6.45, 7) is 18.7. The predicted molar refractivity (Wildman–Crippen MR) is 126 cm³/mol. The first-order valence-electron chi connectivity index (χ1n) is 11.7. The fraction of sp³-hybridized carbons (Fsp3) is 0.692. The summed E-state index contributed by atoms with van der Waals surface area (Å²) < 4.78 is 5.89. The minimum Gasteiger partial charge on any atom is -0.492 e. The molecule has 0 bridgehead atoms. The lowest BCUT2D eigenvalue weighted by Crippen LogP contribution is -2.28. The summed E-state index contributed by atoms with van der Waals surface area (Å²) >= 11 is 0. The highest BCUT2D eigenvalue weighted by atomic mass is 16.5. The van der Waals surface area contributed by atoms with Gasteiger partial charge in [0.2, 0.25) is 0 Å². The fourth-order valence-electron chi connectivity index (χ4n) is 4.52. The number of nitrogens with zero attached hydrogens (tertiary/aromatic N) is 1. The van der Waals surface area contributed by atoms with Crippen LogP contribution >= 0.6 is 0 Å². The van der Waals surface area contributed by atoms with Crippen LogP contribution in [0.1, 0.15) is 79.2 Å². The monoisotopic (exact) mass is 400 g/mol. The highest BCUT2D eigenvalue weighted by Crippen LogP contribution is 2.42. The first-order chi connectivity index (χ1) is 13.9. The Balaban J connectivity index is 1.72. The number of nitrogens with one attached hydrogen (secondary N) is 1. The lowest BCUT2D eigenvalue weighted by molar-refractivity contribution is 0.223. The van der Waals surface area contributed by atoms with E-state index >= 15 is 0 Å². The second-order valence-corrected chi connectivity index (χ2v) is 9.34. The van der Waals surface area contributed by atoms with Crippen molar-refractivity contribution >= 4 is 0 Å². The molecule has 0 spiro atoms. The van der Waals surface area contributed by atoms with Gasteiger partial charge in [0.05, 0.1) is 0 Å². The molecule has 1 aliphatic carbocycles. The Labute approximate surface area is 179 Å². The Morgan fingerprint density at radius 1 is 1.14 bits per heavy atom. The van der Waals surface area contributed by atoms with Crippen molar-refractivity contribution in [3.63, 3.8) is 0 Å². The molecule has 0 aliphatic heterocycles. The van der Waals surface area contributed by atoms with E-state index in [1.54, 1.807) is 11.1 Å². The molecular weight excluding hydrogens is 356 g/mol. The first-order valence-corrected chi connectivity index (χ1v) is 11.7. The van der Waals surface area contributed by atoms with Crippen LogP contribution in [0.4, 0.5) is 0 Å². The molecule has 1 atom stereocenters. The SMILES string of the molecule is CCN(CC)CCOc1ccc(CN[C@@H](C)CCC2=C(C)CCCC2(C)C)cc1. The summed E-state index contributed by atoms with van der Waals surface area (Å²) in [6, 6.07) is 9.09. The van der Waals surface area contributed by atoms with Gasteiger partial charge in [-0.3, -0.25) is 0 Å². The number of allylic oxidation sites excluding steroid dienone is 2. The fourth-order valence-corrected chi connectivity index (χ4v) is 4.52. The van der Waals surface area contributed by atoms with Gasteiger partial charge < -0.3 is 15.0 Å². The van der Waals surface area contributed by atoms with Gasteiger partial charge >= 0.3 is 0 Å². The molecule has 0 fully saturated rings. The largest absolute Gasteiger partial charge is 0.492 e. The van der Waals surface area contributed by atoms with Crippen molar-refractivity contribution in [3.05, 3.63) is 41.0 Å². The zero-order valence-electron chi connectivity index (χ0n) is 19.8. The summed E-state index contributed by atoms with van der Waals surface area (Å²) in [4.78, 5) is 2.38. The van der Waals surface area contributed by atoms with Crippen LogP contribution in [0.25, 0.3) is 0 Å². The van der Waals surface area contributed by atoms with E-state index in [1.807, 2.05) is 0 Å². The van der Waals surface area contributed by atoms with E-state index in [4.69, 9.17) is 4.74 Å². The van der Waals surface area contributed by atoms with E-state index in [0.717, 1.165) is 38.5 Å². The standard InChI is InChI=1S/C26H44N2O/c1-7-28(8-2)18-19-29-24-14-12-23(13-15-24)20-27-22(4)11-16-25-21(3)10-9-17-26(25,5)6/h12-15,22,27H,7-11,16-20H2,1-6H3/t22-/m0/s1. The Bertz CT molecular complexity index is 629. The van der Waals surface area contributed by atoms with Crippen LogP contribution < -0.4 is 10.1 Å². The summed E-state index contributed by atoms with van der Waals surface area (Å²) in [5.41, 5.74) is 5.07. The predicted octanol–water partition coefficient (Wildman–Crippen LogP) is 6.19. The van der Waals surface area contributed by atoms with Crippen LogP contribution in [-0.4, -0.2) is 37.2 Å². The molecule has 1 aromatic rings. The van der Waals surface area contributed by atoms with Crippen molar-refractivity contribution in [1.29, 1.82) is 0 Å². The van der Waals surface area contributed by atoms with Crippen molar-refractivity contribution in [1.82, 2.24) is 10.2 Å². The minimum absolute atomic E-state index is 0.392. The maximum Gasteiger partial charge on any atom is 0.119 e. The lowest BCUT2D eigenvalue weighted by atomic mass is 9.71. The van der Waals surface area contributed by atoms with Gasteiger partial charge in [-0.15, -0.1) is 0 Å². The van der Waals surface area contributed by atoms with E-state index in [0.29, 0.717) is 11.5 Å².